The Morgan fingerprint density at radius 1 is 1.29 bits per heavy atom. The summed E-state index contributed by atoms with van der Waals surface area (Å²) in [4.78, 5) is 7.12. The lowest BCUT2D eigenvalue weighted by Crippen LogP contribution is -2.46. The maximum absolute atomic E-state index is 4.51. The predicted octanol–water partition coefficient (Wildman–Crippen LogP) is 3.03. The predicted molar refractivity (Wildman–Crippen MR) is 89.6 cm³/mol. The Kier molecular flexibility index (Phi) is 6.19. The number of likely N-dealkylation sites (tertiary alicyclic amines) is 1. The van der Waals surface area contributed by atoms with E-state index in [1.165, 1.54) is 43.7 Å². The Balaban J connectivity index is 1.74. The van der Waals surface area contributed by atoms with Gasteiger partial charge in [-0.15, -0.1) is 0 Å². The van der Waals surface area contributed by atoms with E-state index in [0.717, 1.165) is 12.3 Å². The van der Waals surface area contributed by atoms with Gasteiger partial charge < -0.3 is 10.2 Å². The van der Waals surface area contributed by atoms with Crippen molar-refractivity contribution in [3.8, 4) is 0 Å². The van der Waals surface area contributed by atoms with Gasteiger partial charge in [0.25, 0.3) is 0 Å². The lowest BCUT2D eigenvalue weighted by Gasteiger charge is -2.34. The van der Waals surface area contributed by atoms with Gasteiger partial charge in [0, 0.05) is 36.9 Å². The van der Waals surface area contributed by atoms with Crippen LogP contribution in [0.1, 0.15) is 44.9 Å². The van der Waals surface area contributed by atoms with Crippen LogP contribution in [0, 0.1) is 12.8 Å². The molecule has 3 nitrogen and oxygen atoms in total. The number of aromatic nitrogens is 1. The van der Waals surface area contributed by atoms with Crippen LogP contribution in [-0.2, 0) is 6.42 Å². The molecule has 0 spiro atoms. The standard InChI is InChI=1S/C18H31N3/c1-14(2)13-21-10-7-17(8-11-21)20-16(4)12-18-15(3)6-5-9-19-18/h5-6,9,14,16-17,20H,7-8,10-13H2,1-4H3/t16-/m1/s1. The average molecular weight is 289 g/mol. The van der Waals surface area contributed by atoms with Crippen LogP contribution in [0.2, 0.25) is 0 Å². The van der Waals surface area contributed by atoms with Gasteiger partial charge >= 0.3 is 0 Å². The van der Waals surface area contributed by atoms with Gasteiger partial charge in [0.1, 0.15) is 0 Å². The highest BCUT2D eigenvalue weighted by atomic mass is 15.1. The number of pyridine rings is 1. The van der Waals surface area contributed by atoms with Crippen molar-refractivity contribution in [2.24, 2.45) is 5.92 Å². The molecule has 1 N–H and O–H groups in total. The fourth-order valence-corrected chi connectivity index (χ4v) is 3.28. The third-order valence-corrected chi connectivity index (χ3v) is 4.35. The van der Waals surface area contributed by atoms with Crippen LogP contribution in [0.15, 0.2) is 18.3 Å². The van der Waals surface area contributed by atoms with Gasteiger partial charge in [-0.25, -0.2) is 0 Å². The maximum atomic E-state index is 4.51. The van der Waals surface area contributed by atoms with Crippen molar-refractivity contribution in [2.75, 3.05) is 19.6 Å². The number of hydrogen-bond acceptors (Lipinski definition) is 3. The molecule has 2 rings (SSSR count). The molecule has 1 aliphatic heterocycles. The Morgan fingerprint density at radius 2 is 2.00 bits per heavy atom. The number of hydrogen-bond donors (Lipinski definition) is 1. The number of aryl methyl sites for hydroxylation is 1. The van der Waals surface area contributed by atoms with Gasteiger partial charge in [-0.1, -0.05) is 19.9 Å². The minimum atomic E-state index is 0.500. The van der Waals surface area contributed by atoms with Gasteiger partial charge in [-0.05, 0) is 57.3 Å². The van der Waals surface area contributed by atoms with Gasteiger partial charge in [-0.2, -0.15) is 0 Å². The Hall–Kier alpha value is -0.930. The van der Waals surface area contributed by atoms with Crippen molar-refractivity contribution < 1.29 is 0 Å². The average Bonchev–Trinajstić information content (AvgIpc) is 2.43. The second-order valence-electron chi connectivity index (χ2n) is 7.01. The quantitative estimate of drug-likeness (QED) is 0.872. The molecule has 3 heteroatoms. The summed E-state index contributed by atoms with van der Waals surface area (Å²) in [5.74, 6) is 0.778. The molecule has 0 aliphatic carbocycles. The topological polar surface area (TPSA) is 28.2 Å². The molecule has 21 heavy (non-hydrogen) atoms. The van der Waals surface area contributed by atoms with E-state index in [1.807, 2.05) is 12.3 Å². The molecule has 1 aromatic rings. The van der Waals surface area contributed by atoms with Crippen molar-refractivity contribution >= 4 is 0 Å². The molecule has 1 aromatic heterocycles. The zero-order valence-corrected chi connectivity index (χ0v) is 14.1. The summed E-state index contributed by atoms with van der Waals surface area (Å²) in [5.41, 5.74) is 2.53. The molecular weight excluding hydrogens is 258 g/mol. The summed E-state index contributed by atoms with van der Waals surface area (Å²) < 4.78 is 0. The van der Waals surface area contributed by atoms with Gasteiger partial charge in [-0.3, -0.25) is 4.98 Å². The first-order valence-electron chi connectivity index (χ1n) is 8.43. The van der Waals surface area contributed by atoms with Crippen molar-refractivity contribution in [1.82, 2.24) is 15.2 Å². The van der Waals surface area contributed by atoms with Crippen LogP contribution in [0.25, 0.3) is 0 Å². The van der Waals surface area contributed by atoms with E-state index in [2.05, 4.69) is 49.0 Å². The monoisotopic (exact) mass is 289 g/mol. The van der Waals surface area contributed by atoms with Crippen molar-refractivity contribution in [3.05, 3.63) is 29.6 Å². The fraction of sp³-hybridized carbons (Fsp3) is 0.722. The largest absolute Gasteiger partial charge is 0.311 e. The van der Waals surface area contributed by atoms with Gasteiger partial charge in [0.15, 0.2) is 0 Å². The third-order valence-electron chi connectivity index (χ3n) is 4.35. The SMILES string of the molecule is Cc1cccnc1C[C@@H](C)NC1CCN(CC(C)C)CC1. The first kappa shape index (κ1) is 16.4. The van der Waals surface area contributed by atoms with E-state index in [9.17, 15) is 0 Å². The summed E-state index contributed by atoms with van der Waals surface area (Å²) in [5, 5.41) is 3.80. The lowest BCUT2D eigenvalue weighted by atomic mass is 10.0. The van der Waals surface area contributed by atoms with Crippen molar-refractivity contribution in [2.45, 2.75) is 59.0 Å². The summed E-state index contributed by atoms with van der Waals surface area (Å²) in [6.45, 7) is 12.8. The molecule has 1 saturated heterocycles. The molecular formula is C18H31N3. The number of nitrogens with one attached hydrogen (secondary N) is 1. The molecule has 0 amide bonds. The second-order valence-corrected chi connectivity index (χ2v) is 7.01. The highest BCUT2D eigenvalue weighted by Crippen LogP contribution is 2.14. The van der Waals surface area contributed by atoms with Gasteiger partial charge in [0.2, 0.25) is 0 Å². The number of rotatable bonds is 6. The molecule has 0 unspecified atom stereocenters. The van der Waals surface area contributed by atoms with E-state index in [0.29, 0.717) is 12.1 Å². The lowest BCUT2D eigenvalue weighted by molar-refractivity contribution is 0.175. The molecule has 0 radical (unpaired) electrons. The van der Waals surface area contributed by atoms with E-state index < -0.39 is 0 Å². The smallest absolute Gasteiger partial charge is 0.0448 e. The van der Waals surface area contributed by atoms with Crippen LogP contribution in [-0.4, -0.2) is 41.6 Å². The highest BCUT2D eigenvalue weighted by molar-refractivity contribution is 5.18. The zero-order chi connectivity index (χ0) is 15.2. The normalized spacial score (nSPS) is 19.1. The van der Waals surface area contributed by atoms with Crippen LogP contribution < -0.4 is 5.32 Å². The second kappa shape index (κ2) is 7.90. The van der Waals surface area contributed by atoms with E-state index >= 15 is 0 Å². The Bertz CT molecular complexity index is 422. The van der Waals surface area contributed by atoms with Gasteiger partial charge in [0.05, 0.1) is 0 Å². The van der Waals surface area contributed by atoms with Crippen molar-refractivity contribution in [1.29, 1.82) is 0 Å². The minimum absolute atomic E-state index is 0.500. The molecule has 0 saturated carbocycles. The molecule has 118 valence electrons. The van der Waals surface area contributed by atoms with E-state index in [4.69, 9.17) is 0 Å². The first-order valence-corrected chi connectivity index (χ1v) is 8.43. The van der Waals surface area contributed by atoms with Crippen LogP contribution in [0.3, 0.4) is 0 Å². The molecule has 1 fully saturated rings. The summed E-state index contributed by atoms with van der Waals surface area (Å²) in [7, 11) is 0. The maximum Gasteiger partial charge on any atom is 0.0448 e. The molecule has 0 bridgehead atoms. The summed E-state index contributed by atoms with van der Waals surface area (Å²) in [6.07, 6.45) is 5.48. The molecule has 1 atom stereocenters. The summed E-state index contributed by atoms with van der Waals surface area (Å²) >= 11 is 0. The Morgan fingerprint density at radius 3 is 2.62 bits per heavy atom. The zero-order valence-electron chi connectivity index (χ0n) is 14.1. The first-order chi connectivity index (χ1) is 10.0. The molecule has 0 aromatic carbocycles. The van der Waals surface area contributed by atoms with Crippen LogP contribution in [0.5, 0.6) is 0 Å². The van der Waals surface area contributed by atoms with Crippen LogP contribution in [0.4, 0.5) is 0 Å². The number of nitrogens with zero attached hydrogens (tertiary/aromatic N) is 2. The third kappa shape index (κ3) is 5.40. The summed E-state index contributed by atoms with van der Waals surface area (Å²) in [6, 6.07) is 5.34. The molecule has 1 aliphatic rings. The molecule has 2 heterocycles. The fourth-order valence-electron chi connectivity index (χ4n) is 3.28. The van der Waals surface area contributed by atoms with Crippen LogP contribution >= 0.6 is 0 Å². The van der Waals surface area contributed by atoms with E-state index in [1.54, 1.807) is 0 Å². The highest BCUT2D eigenvalue weighted by Gasteiger charge is 2.21. The van der Waals surface area contributed by atoms with Crippen molar-refractivity contribution in [3.63, 3.8) is 0 Å². The minimum Gasteiger partial charge on any atom is -0.311 e. The Labute approximate surface area is 130 Å². The number of piperidine rings is 1. The van der Waals surface area contributed by atoms with E-state index in [-0.39, 0.29) is 0 Å².